The zero-order chi connectivity index (χ0) is 22.3. The van der Waals surface area contributed by atoms with Gasteiger partial charge in [-0.05, 0) is 62.2 Å². The van der Waals surface area contributed by atoms with Gasteiger partial charge in [-0.1, -0.05) is 31.0 Å². The Labute approximate surface area is 189 Å². The van der Waals surface area contributed by atoms with Crippen molar-refractivity contribution in [2.75, 3.05) is 33.7 Å². The minimum absolute atomic E-state index is 0.126. The predicted molar refractivity (Wildman–Crippen MR) is 126 cm³/mol. The second kappa shape index (κ2) is 11.0. The summed E-state index contributed by atoms with van der Waals surface area (Å²) in [7, 11) is 0.532. The first-order chi connectivity index (χ1) is 14.9. The van der Waals surface area contributed by atoms with Crippen LogP contribution in [0.3, 0.4) is 0 Å². The molecule has 1 fully saturated rings. The third-order valence-electron chi connectivity index (χ3n) is 5.47. The maximum absolute atomic E-state index is 12.9. The summed E-state index contributed by atoms with van der Waals surface area (Å²) in [4.78, 5) is 15.9. The van der Waals surface area contributed by atoms with Crippen LogP contribution in [-0.4, -0.2) is 57.3 Å². The average molecular weight is 462 g/mol. The molecular weight excluding hydrogens is 430 g/mol. The molecule has 3 rings (SSSR count). The Kier molecular flexibility index (Phi) is 8.43. The second-order valence-corrected chi connectivity index (χ2v) is 10.9. The van der Waals surface area contributed by atoms with Crippen molar-refractivity contribution in [1.29, 1.82) is 0 Å². The Morgan fingerprint density at radius 3 is 2.39 bits per heavy atom. The summed E-state index contributed by atoms with van der Waals surface area (Å²) in [6, 6.07) is 10.9. The van der Waals surface area contributed by atoms with E-state index >= 15 is 0 Å². The van der Waals surface area contributed by atoms with E-state index in [1.165, 1.54) is 11.0 Å². The van der Waals surface area contributed by atoms with Gasteiger partial charge in [0.25, 0.3) is 0 Å². The van der Waals surface area contributed by atoms with Gasteiger partial charge in [0.1, 0.15) is 0 Å². The molecule has 2 heterocycles. The summed E-state index contributed by atoms with van der Waals surface area (Å²) in [5.74, 6) is -0.176. The van der Waals surface area contributed by atoms with Crippen LogP contribution in [0.5, 0.6) is 0 Å². The number of nitrogens with one attached hydrogen (secondary N) is 1. The largest absolute Gasteiger partial charge is 0.351 e. The summed E-state index contributed by atoms with van der Waals surface area (Å²) >= 11 is 1.67. The Hall–Kier alpha value is -2.00. The fourth-order valence-electron chi connectivity index (χ4n) is 3.63. The number of amides is 1. The van der Waals surface area contributed by atoms with Crippen LogP contribution in [0.4, 0.5) is 0 Å². The molecule has 1 atom stereocenters. The smallest absolute Gasteiger partial charge is 0.244 e. The molecule has 6 nitrogen and oxygen atoms in total. The van der Waals surface area contributed by atoms with Gasteiger partial charge in [0.05, 0.1) is 10.9 Å². The van der Waals surface area contributed by atoms with Crippen LogP contribution in [0.25, 0.3) is 6.08 Å². The standard InChI is InChI=1S/C23H31N3O3S2/c1-25(2)21(22-8-7-17-30-22)18-24-23(27)14-11-19-9-12-20(13-10-19)31(28,29)26-15-5-3-4-6-16-26/h7-14,17,21H,3-6,15-16,18H2,1-2H3,(H,24,27)/b14-11+. The van der Waals surface area contributed by atoms with E-state index in [0.29, 0.717) is 24.5 Å². The Balaban J connectivity index is 1.58. The van der Waals surface area contributed by atoms with E-state index in [1.54, 1.807) is 46.0 Å². The average Bonchev–Trinajstić information content (AvgIpc) is 3.12. The van der Waals surface area contributed by atoms with Crippen molar-refractivity contribution >= 4 is 33.3 Å². The van der Waals surface area contributed by atoms with Gasteiger partial charge >= 0.3 is 0 Å². The van der Waals surface area contributed by atoms with Crippen LogP contribution in [0.1, 0.15) is 42.2 Å². The van der Waals surface area contributed by atoms with Crippen LogP contribution in [-0.2, 0) is 14.8 Å². The maximum Gasteiger partial charge on any atom is 0.244 e. The van der Waals surface area contributed by atoms with Gasteiger partial charge in [-0.15, -0.1) is 11.3 Å². The lowest BCUT2D eigenvalue weighted by atomic mass is 10.2. The number of carbonyl (C=O) groups excluding carboxylic acids is 1. The van der Waals surface area contributed by atoms with Gasteiger partial charge in [0.2, 0.25) is 15.9 Å². The van der Waals surface area contributed by atoms with Crippen molar-refractivity contribution in [3.05, 3.63) is 58.3 Å². The molecule has 0 spiro atoms. The molecule has 1 aliphatic heterocycles. The zero-order valence-corrected chi connectivity index (χ0v) is 19.8. The Bertz CT molecular complexity index is 960. The molecule has 168 valence electrons. The lowest BCUT2D eigenvalue weighted by Crippen LogP contribution is -2.33. The van der Waals surface area contributed by atoms with Crippen molar-refractivity contribution in [1.82, 2.24) is 14.5 Å². The summed E-state index contributed by atoms with van der Waals surface area (Å²) in [6.07, 6.45) is 7.18. The van der Waals surface area contributed by atoms with Gasteiger partial charge in [-0.2, -0.15) is 4.31 Å². The van der Waals surface area contributed by atoms with Gasteiger partial charge in [0.15, 0.2) is 0 Å². The third-order valence-corrected chi connectivity index (χ3v) is 8.36. The van der Waals surface area contributed by atoms with E-state index in [1.807, 2.05) is 25.5 Å². The van der Waals surface area contributed by atoms with E-state index < -0.39 is 10.0 Å². The fraction of sp³-hybridized carbons (Fsp3) is 0.435. The molecule has 1 unspecified atom stereocenters. The fourth-order valence-corrected chi connectivity index (χ4v) is 6.07. The molecule has 0 bridgehead atoms. The van der Waals surface area contributed by atoms with E-state index in [0.717, 1.165) is 31.2 Å². The topological polar surface area (TPSA) is 69.7 Å². The molecule has 0 saturated carbocycles. The molecule has 1 aliphatic rings. The molecular formula is C23H31N3O3S2. The van der Waals surface area contributed by atoms with Gasteiger partial charge in [0, 0.05) is 30.6 Å². The first kappa shape index (κ1) is 23.7. The first-order valence-electron chi connectivity index (χ1n) is 10.6. The van der Waals surface area contributed by atoms with Crippen molar-refractivity contribution < 1.29 is 13.2 Å². The highest BCUT2D eigenvalue weighted by atomic mass is 32.2. The van der Waals surface area contributed by atoms with Gasteiger partial charge in [-0.3, -0.25) is 4.79 Å². The highest BCUT2D eigenvalue weighted by molar-refractivity contribution is 7.89. The number of thiophene rings is 1. The van der Waals surface area contributed by atoms with Crippen molar-refractivity contribution in [2.24, 2.45) is 0 Å². The second-order valence-electron chi connectivity index (χ2n) is 7.96. The summed E-state index contributed by atoms with van der Waals surface area (Å²) in [6.45, 7) is 1.69. The third kappa shape index (κ3) is 6.49. The number of rotatable bonds is 8. The van der Waals surface area contributed by atoms with Crippen LogP contribution < -0.4 is 5.32 Å². The van der Waals surface area contributed by atoms with E-state index in [2.05, 4.69) is 16.3 Å². The predicted octanol–water partition coefficient (Wildman–Crippen LogP) is 3.75. The quantitative estimate of drug-likeness (QED) is 0.608. The molecule has 1 amide bonds. The van der Waals surface area contributed by atoms with Crippen LogP contribution >= 0.6 is 11.3 Å². The molecule has 1 saturated heterocycles. The van der Waals surface area contributed by atoms with Crippen LogP contribution in [0, 0.1) is 0 Å². The lowest BCUT2D eigenvalue weighted by molar-refractivity contribution is -0.116. The highest BCUT2D eigenvalue weighted by Crippen LogP contribution is 2.23. The zero-order valence-electron chi connectivity index (χ0n) is 18.2. The minimum atomic E-state index is -3.45. The Morgan fingerprint density at radius 2 is 1.81 bits per heavy atom. The van der Waals surface area contributed by atoms with Crippen molar-refractivity contribution in [3.8, 4) is 0 Å². The molecule has 8 heteroatoms. The molecule has 1 aromatic heterocycles. The number of carbonyl (C=O) groups is 1. The van der Waals surface area contributed by atoms with Gasteiger partial charge < -0.3 is 10.2 Å². The van der Waals surface area contributed by atoms with Crippen molar-refractivity contribution in [3.63, 3.8) is 0 Å². The molecule has 0 aliphatic carbocycles. The number of nitrogens with zero attached hydrogens (tertiary/aromatic N) is 2. The molecule has 31 heavy (non-hydrogen) atoms. The monoisotopic (exact) mass is 461 g/mol. The SMILES string of the molecule is CN(C)C(CNC(=O)/C=C/c1ccc(S(=O)(=O)N2CCCCCC2)cc1)c1cccs1. The number of hydrogen-bond donors (Lipinski definition) is 1. The highest BCUT2D eigenvalue weighted by Gasteiger charge is 2.24. The van der Waals surface area contributed by atoms with E-state index in [9.17, 15) is 13.2 Å². The first-order valence-corrected chi connectivity index (χ1v) is 13.0. The minimum Gasteiger partial charge on any atom is -0.351 e. The number of benzene rings is 1. The van der Waals surface area contributed by atoms with Crippen molar-refractivity contribution in [2.45, 2.75) is 36.6 Å². The summed E-state index contributed by atoms with van der Waals surface area (Å²) < 4.78 is 27.3. The number of likely N-dealkylation sites (N-methyl/N-ethyl adjacent to an activating group) is 1. The maximum atomic E-state index is 12.9. The summed E-state index contributed by atoms with van der Waals surface area (Å²) in [5, 5.41) is 4.98. The number of sulfonamides is 1. The molecule has 0 radical (unpaired) electrons. The molecule has 2 aromatic rings. The van der Waals surface area contributed by atoms with Gasteiger partial charge in [-0.25, -0.2) is 8.42 Å². The van der Waals surface area contributed by atoms with E-state index in [4.69, 9.17) is 0 Å². The molecule has 1 N–H and O–H groups in total. The molecule has 1 aromatic carbocycles. The van der Waals surface area contributed by atoms with Crippen LogP contribution in [0.15, 0.2) is 52.7 Å². The lowest BCUT2D eigenvalue weighted by Gasteiger charge is -2.23. The van der Waals surface area contributed by atoms with E-state index in [-0.39, 0.29) is 11.9 Å². The van der Waals surface area contributed by atoms with Crippen LogP contribution in [0.2, 0.25) is 0 Å². The summed E-state index contributed by atoms with van der Waals surface area (Å²) in [5.41, 5.74) is 0.785. The number of hydrogen-bond acceptors (Lipinski definition) is 5. The normalized spacial score (nSPS) is 17.0. The Morgan fingerprint density at radius 1 is 1.13 bits per heavy atom.